The maximum atomic E-state index is 13.2. The molecule has 2 aliphatic rings. The van der Waals surface area contributed by atoms with Gasteiger partial charge < -0.3 is 20.1 Å². The number of benzene rings is 2. The minimum atomic E-state index is -3.68. The Morgan fingerprint density at radius 3 is 2.45 bits per heavy atom. The summed E-state index contributed by atoms with van der Waals surface area (Å²) in [5, 5.41) is 10.6. The van der Waals surface area contributed by atoms with Crippen LogP contribution in [0.25, 0.3) is 11.1 Å². The lowest BCUT2D eigenvalue weighted by molar-refractivity contribution is -0.131. The van der Waals surface area contributed by atoms with Crippen molar-refractivity contribution in [3.05, 3.63) is 53.6 Å². The van der Waals surface area contributed by atoms with Gasteiger partial charge in [0.25, 0.3) is 0 Å². The number of carbonyl (C=O) groups is 2. The smallest absolute Gasteiger partial charge is 0.236 e. The van der Waals surface area contributed by atoms with Crippen molar-refractivity contribution in [3.8, 4) is 16.9 Å². The van der Waals surface area contributed by atoms with Gasteiger partial charge in [0.2, 0.25) is 11.8 Å². The molecule has 1 saturated carbocycles. The second kappa shape index (κ2) is 12.4. The van der Waals surface area contributed by atoms with Crippen molar-refractivity contribution < 1.29 is 32.1 Å². The SMILES string of the molecule is COc1ccc(-c2ccc(CS(=O)(=O)CC(=O)NCCO)cc2)cc1C1N(C2CCCCC2)C(=O)CS1=O. The first-order chi connectivity index (χ1) is 18.2. The Morgan fingerprint density at radius 2 is 1.79 bits per heavy atom. The summed E-state index contributed by atoms with van der Waals surface area (Å²) in [5.41, 5.74) is 2.91. The van der Waals surface area contributed by atoms with Crippen molar-refractivity contribution in [1.82, 2.24) is 10.2 Å². The fraction of sp³-hybridized carbons (Fsp3) is 0.481. The molecule has 2 N–H and O–H groups in total. The van der Waals surface area contributed by atoms with Crippen molar-refractivity contribution in [3.63, 3.8) is 0 Å². The number of nitrogens with one attached hydrogen (secondary N) is 1. The van der Waals surface area contributed by atoms with E-state index in [0.717, 1.165) is 43.2 Å². The molecule has 0 radical (unpaired) electrons. The van der Waals surface area contributed by atoms with Crippen LogP contribution in [0.2, 0.25) is 0 Å². The molecule has 2 unspecified atom stereocenters. The molecule has 4 rings (SSSR count). The first-order valence-corrected chi connectivity index (χ1v) is 16.0. The van der Waals surface area contributed by atoms with Crippen molar-refractivity contribution >= 4 is 32.5 Å². The highest BCUT2D eigenvalue weighted by Gasteiger charge is 2.43. The largest absolute Gasteiger partial charge is 0.496 e. The number of nitrogens with zero attached hydrogens (tertiary/aromatic N) is 1. The lowest BCUT2D eigenvalue weighted by Gasteiger charge is -2.35. The van der Waals surface area contributed by atoms with E-state index in [2.05, 4.69) is 5.32 Å². The summed E-state index contributed by atoms with van der Waals surface area (Å²) < 4.78 is 43.6. The Balaban J connectivity index is 1.56. The van der Waals surface area contributed by atoms with Gasteiger partial charge in [0.1, 0.15) is 22.6 Å². The predicted molar refractivity (Wildman–Crippen MR) is 145 cm³/mol. The molecular weight excluding hydrogens is 528 g/mol. The van der Waals surface area contributed by atoms with E-state index >= 15 is 0 Å². The topological polar surface area (TPSA) is 130 Å². The van der Waals surface area contributed by atoms with Gasteiger partial charge in [-0.25, -0.2) is 8.42 Å². The molecule has 1 saturated heterocycles. The third-order valence-electron chi connectivity index (χ3n) is 6.98. The molecule has 0 spiro atoms. The van der Waals surface area contributed by atoms with Crippen LogP contribution in [0.15, 0.2) is 42.5 Å². The van der Waals surface area contributed by atoms with E-state index in [1.54, 1.807) is 31.4 Å². The maximum absolute atomic E-state index is 13.2. The zero-order valence-electron chi connectivity index (χ0n) is 21.4. The normalized spacial score (nSPS) is 20.5. The van der Waals surface area contributed by atoms with Gasteiger partial charge in [-0.3, -0.25) is 13.8 Å². The van der Waals surface area contributed by atoms with E-state index in [9.17, 15) is 22.2 Å². The fourth-order valence-electron chi connectivity index (χ4n) is 5.23. The van der Waals surface area contributed by atoms with Crippen LogP contribution in [0.4, 0.5) is 0 Å². The molecule has 2 amide bonds. The summed E-state index contributed by atoms with van der Waals surface area (Å²) in [6.45, 7) is -0.250. The minimum absolute atomic E-state index is 0.00786. The molecule has 1 aliphatic heterocycles. The van der Waals surface area contributed by atoms with Crippen molar-refractivity contribution in [2.75, 3.05) is 31.8 Å². The van der Waals surface area contributed by atoms with Crippen molar-refractivity contribution in [2.24, 2.45) is 0 Å². The molecule has 2 atom stereocenters. The average Bonchev–Trinajstić information content (AvgIpc) is 3.20. The Bertz CT molecular complexity index is 1290. The van der Waals surface area contributed by atoms with Gasteiger partial charge >= 0.3 is 0 Å². The number of hydrogen-bond donors (Lipinski definition) is 2. The van der Waals surface area contributed by atoms with E-state index in [0.29, 0.717) is 16.9 Å². The Labute approximate surface area is 225 Å². The second-order valence-corrected chi connectivity index (χ2v) is 13.3. The molecule has 0 aromatic heterocycles. The van der Waals surface area contributed by atoms with Crippen LogP contribution in [0.1, 0.15) is 48.6 Å². The summed E-state index contributed by atoms with van der Waals surface area (Å²) in [6.07, 6.45) is 5.09. The predicted octanol–water partition coefficient (Wildman–Crippen LogP) is 2.31. The molecule has 38 heavy (non-hydrogen) atoms. The van der Waals surface area contributed by atoms with Gasteiger partial charge in [0, 0.05) is 18.2 Å². The number of carbonyl (C=O) groups excluding carboxylic acids is 2. The Morgan fingerprint density at radius 1 is 1.11 bits per heavy atom. The van der Waals surface area contributed by atoms with Gasteiger partial charge in [0.05, 0.1) is 30.3 Å². The lowest BCUT2D eigenvalue weighted by atomic mass is 9.93. The van der Waals surface area contributed by atoms with Crippen LogP contribution in [0.3, 0.4) is 0 Å². The average molecular weight is 563 g/mol. The quantitative estimate of drug-likeness (QED) is 0.455. The van der Waals surface area contributed by atoms with Gasteiger partial charge in [-0.05, 0) is 41.7 Å². The van der Waals surface area contributed by atoms with E-state index in [1.165, 1.54) is 0 Å². The number of methoxy groups -OCH3 is 1. The van der Waals surface area contributed by atoms with E-state index in [1.807, 2.05) is 23.1 Å². The summed E-state index contributed by atoms with van der Waals surface area (Å²) >= 11 is 0. The van der Waals surface area contributed by atoms with Gasteiger partial charge in [0.15, 0.2) is 9.84 Å². The highest BCUT2D eigenvalue weighted by Crippen LogP contribution is 2.41. The van der Waals surface area contributed by atoms with Crippen LogP contribution >= 0.6 is 0 Å². The zero-order valence-corrected chi connectivity index (χ0v) is 23.1. The minimum Gasteiger partial charge on any atom is -0.496 e. The number of amides is 2. The standard InChI is InChI=1S/C27H34N2O7S2/c1-36-24-12-11-21(15-23(24)27-29(26(32)16-37(27)33)22-5-3-2-4-6-22)20-9-7-19(8-10-20)17-38(34,35)18-25(31)28-13-14-30/h7-12,15,22,27,30H,2-6,13-14,16-18H2,1H3,(H,28,31). The number of sulfone groups is 1. The van der Waals surface area contributed by atoms with Crippen LogP contribution < -0.4 is 10.1 Å². The van der Waals surface area contributed by atoms with Crippen LogP contribution in [0, 0.1) is 0 Å². The van der Waals surface area contributed by atoms with Crippen LogP contribution in [-0.2, 0) is 36.0 Å². The molecule has 206 valence electrons. The first-order valence-electron chi connectivity index (χ1n) is 12.8. The Hall–Kier alpha value is -2.76. The second-order valence-electron chi connectivity index (χ2n) is 9.73. The molecule has 2 aromatic carbocycles. The monoisotopic (exact) mass is 562 g/mol. The van der Waals surface area contributed by atoms with Crippen LogP contribution in [-0.4, -0.2) is 72.3 Å². The van der Waals surface area contributed by atoms with Crippen molar-refractivity contribution in [2.45, 2.75) is 49.3 Å². The molecule has 2 aromatic rings. The van der Waals surface area contributed by atoms with Crippen LogP contribution in [0.5, 0.6) is 5.75 Å². The van der Waals surface area contributed by atoms with Gasteiger partial charge in [-0.1, -0.05) is 49.6 Å². The highest BCUT2D eigenvalue weighted by atomic mass is 32.2. The third kappa shape index (κ3) is 6.62. The number of aliphatic hydroxyl groups excluding tert-OH is 1. The number of hydrogen-bond acceptors (Lipinski definition) is 7. The highest BCUT2D eigenvalue weighted by molar-refractivity contribution is 7.91. The Kier molecular flexibility index (Phi) is 9.22. The molecular formula is C27H34N2O7S2. The lowest BCUT2D eigenvalue weighted by Crippen LogP contribution is -2.40. The summed E-state index contributed by atoms with van der Waals surface area (Å²) in [5.74, 6) is -1.08. The molecule has 1 aliphatic carbocycles. The third-order valence-corrected chi connectivity index (χ3v) is 9.96. The fourth-order valence-corrected chi connectivity index (χ4v) is 8.09. The summed E-state index contributed by atoms with van der Waals surface area (Å²) in [4.78, 5) is 26.5. The first kappa shape index (κ1) is 28.3. The maximum Gasteiger partial charge on any atom is 0.236 e. The number of aliphatic hydroxyl groups is 1. The van der Waals surface area contributed by atoms with Gasteiger partial charge in [-0.15, -0.1) is 0 Å². The molecule has 0 bridgehead atoms. The molecule has 2 fully saturated rings. The summed E-state index contributed by atoms with van der Waals surface area (Å²) in [7, 11) is -3.51. The van der Waals surface area contributed by atoms with E-state index in [4.69, 9.17) is 9.84 Å². The van der Waals surface area contributed by atoms with E-state index < -0.39 is 37.7 Å². The van der Waals surface area contributed by atoms with Gasteiger partial charge in [-0.2, -0.15) is 0 Å². The number of rotatable bonds is 10. The zero-order chi connectivity index (χ0) is 27.3. The molecule has 11 heteroatoms. The molecule has 1 heterocycles. The van der Waals surface area contributed by atoms with Crippen molar-refractivity contribution in [1.29, 1.82) is 0 Å². The van der Waals surface area contributed by atoms with E-state index in [-0.39, 0.29) is 36.6 Å². The molecule has 9 nitrogen and oxygen atoms in total. The number of ether oxygens (including phenoxy) is 1. The summed E-state index contributed by atoms with van der Waals surface area (Å²) in [6, 6.07) is 12.7.